The van der Waals surface area contributed by atoms with Gasteiger partial charge >= 0.3 is 5.97 Å². The predicted molar refractivity (Wildman–Crippen MR) is 157 cm³/mol. The van der Waals surface area contributed by atoms with Crippen molar-refractivity contribution in [3.05, 3.63) is 117 Å². The van der Waals surface area contributed by atoms with Crippen molar-refractivity contribution >= 4 is 44.5 Å². The van der Waals surface area contributed by atoms with Gasteiger partial charge in [0.2, 0.25) is 0 Å². The fourth-order valence-electron chi connectivity index (χ4n) is 4.21. The Morgan fingerprint density at radius 3 is 2.52 bits per heavy atom. The van der Waals surface area contributed by atoms with Crippen LogP contribution in [0.15, 0.2) is 100 Å². The fourth-order valence-corrected chi connectivity index (χ4v) is 5.05. The summed E-state index contributed by atoms with van der Waals surface area (Å²) in [6.07, 6.45) is 3.78. The second kappa shape index (κ2) is 12.8. The third-order valence-corrected chi connectivity index (χ3v) is 7.45. The van der Waals surface area contributed by atoms with Crippen LogP contribution in [-0.2, 0) is 24.4 Å². The number of carboxylic acid groups (broad SMARTS) is 1. The Hall–Kier alpha value is -4.14. The summed E-state index contributed by atoms with van der Waals surface area (Å²) in [5.74, 6) is 0.0896. The Morgan fingerprint density at radius 1 is 0.900 bits per heavy atom. The van der Waals surface area contributed by atoms with Crippen molar-refractivity contribution in [3.8, 4) is 22.6 Å². The molecule has 0 aliphatic heterocycles. The van der Waals surface area contributed by atoms with Gasteiger partial charge in [0.15, 0.2) is 0 Å². The lowest BCUT2D eigenvalue weighted by molar-refractivity contribution is -0.131. The summed E-state index contributed by atoms with van der Waals surface area (Å²) >= 11 is 10.4. The first-order chi connectivity index (χ1) is 19.5. The van der Waals surface area contributed by atoms with Crippen LogP contribution in [-0.4, -0.2) is 21.4 Å². The van der Waals surface area contributed by atoms with Crippen LogP contribution in [0.2, 0.25) is 5.02 Å². The van der Waals surface area contributed by atoms with E-state index in [4.69, 9.17) is 30.8 Å². The minimum Gasteiger partial charge on any atom is -0.488 e. The van der Waals surface area contributed by atoms with Crippen LogP contribution in [0.3, 0.4) is 0 Å². The number of fused-ring (bicyclic) bond motifs is 1. The monoisotopic (exact) mass is 618 g/mol. The Kier molecular flexibility index (Phi) is 8.78. The molecule has 0 aliphatic carbocycles. The third-order valence-electron chi connectivity index (χ3n) is 6.21. The lowest BCUT2D eigenvalue weighted by Gasteiger charge is -2.16. The molecule has 202 valence electrons. The molecule has 0 amide bonds. The number of carboxylic acids is 1. The normalized spacial score (nSPS) is 11.2. The number of aliphatic carboxylic acids is 1. The summed E-state index contributed by atoms with van der Waals surface area (Å²) in [6, 6.07) is 25.3. The molecule has 0 unspecified atom stereocenters. The fraction of sp³-hybridized carbons (Fsp3) is 0.129. The molecule has 0 aliphatic rings. The van der Waals surface area contributed by atoms with E-state index in [1.807, 2.05) is 48.5 Å². The van der Waals surface area contributed by atoms with E-state index in [-0.39, 0.29) is 13.2 Å². The maximum atomic E-state index is 10.9. The lowest BCUT2D eigenvalue weighted by atomic mass is 10.0. The number of nitrogens with zero attached hydrogens (tertiary/aromatic N) is 2. The van der Waals surface area contributed by atoms with Gasteiger partial charge in [0.1, 0.15) is 35.7 Å². The van der Waals surface area contributed by atoms with Crippen molar-refractivity contribution in [1.29, 1.82) is 0 Å². The molecule has 0 spiro atoms. The Bertz CT molecular complexity index is 1670. The molecule has 5 rings (SSSR count). The highest BCUT2D eigenvalue weighted by Gasteiger charge is 2.14. The van der Waals surface area contributed by atoms with E-state index in [1.54, 1.807) is 18.2 Å². The molecule has 1 aromatic heterocycles. The van der Waals surface area contributed by atoms with Gasteiger partial charge in [-0.3, -0.25) is 0 Å². The van der Waals surface area contributed by atoms with Crippen molar-refractivity contribution in [2.45, 2.75) is 26.1 Å². The first-order valence-corrected chi connectivity index (χ1v) is 13.7. The van der Waals surface area contributed by atoms with Gasteiger partial charge in [-0.05, 0) is 79.5 Å². The maximum absolute atomic E-state index is 10.9. The molecular weight excluding hydrogens is 596 g/mol. The zero-order valence-electron chi connectivity index (χ0n) is 21.2. The van der Waals surface area contributed by atoms with Crippen LogP contribution in [0.5, 0.6) is 11.5 Å². The van der Waals surface area contributed by atoms with Crippen LogP contribution in [0.4, 0.5) is 0 Å². The van der Waals surface area contributed by atoms with Gasteiger partial charge in [0.25, 0.3) is 0 Å². The summed E-state index contributed by atoms with van der Waals surface area (Å²) in [5, 5.41) is 17.1. The molecule has 40 heavy (non-hydrogen) atoms. The molecule has 1 heterocycles. The molecule has 0 radical (unpaired) electrons. The smallest absolute Gasteiger partial charge is 0.327 e. The molecule has 0 saturated heterocycles. The quantitative estimate of drug-likeness (QED) is 0.150. The highest BCUT2D eigenvalue weighted by atomic mass is 79.9. The number of benzene rings is 4. The second-order valence-corrected chi connectivity index (χ2v) is 10.2. The van der Waals surface area contributed by atoms with Crippen LogP contribution >= 0.6 is 27.5 Å². The van der Waals surface area contributed by atoms with Gasteiger partial charge in [-0.2, -0.15) is 0 Å². The average molecular weight is 620 g/mol. The number of halogens is 2. The van der Waals surface area contributed by atoms with E-state index in [1.165, 1.54) is 0 Å². The van der Waals surface area contributed by atoms with Crippen LogP contribution in [0, 0.1) is 0 Å². The van der Waals surface area contributed by atoms with E-state index in [0.29, 0.717) is 40.4 Å². The molecular formula is C31H24BrClN2O5. The maximum Gasteiger partial charge on any atom is 0.327 e. The van der Waals surface area contributed by atoms with Gasteiger partial charge in [-0.25, -0.2) is 9.42 Å². The zero-order chi connectivity index (χ0) is 27.9. The predicted octanol–water partition coefficient (Wildman–Crippen LogP) is 8.04. The van der Waals surface area contributed by atoms with Crippen molar-refractivity contribution in [3.63, 3.8) is 0 Å². The Balaban J connectivity index is 1.37. The number of hydrogen-bond acceptors (Lipinski definition) is 6. The number of carbonyl (C=O) groups is 1. The van der Waals surface area contributed by atoms with Crippen LogP contribution in [0.1, 0.15) is 23.1 Å². The van der Waals surface area contributed by atoms with Crippen molar-refractivity contribution in [2.24, 2.45) is 0 Å². The van der Waals surface area contributed by atoms with Gasteiger partial charge < -0.3 is 14.6 Å². The van der Waals surface area contributed by atoms with Crippen molar-refractivity contribution < 1.29 is 24.0 Å². The van der Waals surface area contributed by atoms with Crippen LogP contribution in [0.25, 0.3) is 22.2 Å². The molecule has 1 N–H and O–H groups in total. The summed E-state index contributed by atoms with van der Waals surface area (Å²) in [7, 11) is 0. The van der Waals surface area contributed by atoms with Crippen LogP contribution < -0.4 is 9.47 Å². The van der Waals surface area contributed by atoms with E-state index < -0.39 is 5.97 Å². The zero-order valence-corrected chi connectivity index (χ0v) is 23.6. The molecule has 9 heteroatoms. The van der Waals surface area contributed by atoms with E-state index in [2.05, 4.69) is 44.4 Å². The standard InChI is InChI=1S/C31H24BrClN2O5/c32-31-23(10-6-11-24(31)21-7-2-1-3-8-21)19-39-29-17-28(22(16-25(29)33)9-4-5-12-30(36)37)38-18-20-13-14-26-27(15-20)35-40-34-26/h1-3,5-8,10-17H,4,9,18-19H2,(H,36,37)/b12-5+. The van der Waals surface area contributed by atoms with Crippen molar-refractivity contribution in [2.75, 3.05) is 0 Å². The van der Waals surface area contributed by atoms with E-state index in [0.717, 1.165) is 38.4 Å². The van der Waals surface area contributed by atoms with E-state index in [9.17, 15) is 4.79 Å². The summed E-state index contributed by atoms with van der Waals surface area (Å²) in [6.45, 7) is 0.559. The Labute approximate surface area is 244 Å². The number of aryl methyl sites for hydroxylation is 1. The van der Waals surface area contributed by atoms with Gasteiger partial charge in [-0.15, -0.1) is 0 Å². The highest BCUT2D eigenvalue weighted by Crippen LogP contribution is 2.36. The molecule has 0 saturated carbocycles. The number of ether oxygens (including phenoxy) is 2. The second-order valence-electron chi connectivity index (χ2n) is 8.98. The molecule has 0 atom stereocenters. The molecule has 4 aromatic carbocycles. The topological polar surface area (TPSA) is 94.7 Å². The number of rotatable bonds is 11. The van der Waals surface area contributed by atoms with E-state index >= 15 is 0 Å². The Morgan fingerprint density at radius 2 is 1.70 bits per heavy atom. The van der Waals surface area contributed by atoms with Gasteiger partial charge in [-0.1, -0.05) is 72.3 Å². The van der Waals surface area contributed by atoms with Gasteiger partial charge in [0.05, 0.1) is 5.02 Å². The summed E-state index contributed by atoms with van der Waals surface area (Å²) < 4.78 is 18.1. The largest absolute Gasteiger partial charge is 0.488 e. The number of hydrogen-bond donors (Lipinski definition) is 1. The minimum absolute atomic E-state index is 0.270. The average Bonchev–Trinajstić information content (AvgIpc) is 3.43. The first-order valence-electron chi connectivity index (χ1n) is 12.5. The molecule has 5 aromatic rings. The summed E-state index contributed by atoms with van der Waals surface area (Å²) in [4.78, 5) is 10.9. The van der Waals surface area contributed by atoms with Crippen molar-refractivity contribution in [1.82, 2.24) is 10.3 Å². The summed E-state index contributed by atoms with van der Waals surface area (Å²) in [5.41, 5.74) is 6.18. The van der Waals surface area contributed by atoms with Gasteiger partial charge in [0, 0.05) is 22.2 Å². The molecule has 7 nitrogen and oxygen atoms in total. The highest BCUT2D eigenvalue weighted by molar-refractivity contribution is 9.10. The number of allylic oxidation sites excluding steroid dienone is 1. The minimum atomic E-state index is -0.988. The third kappa shape index (κ3) is 6.70. The SMILES string of the molecule is O=C(O)/C=C/CCc1cc(Cl)c(OCc2cccc(-c3ccccc3)c2Br)cc1OCc1ccc2nonc2c1. The lowest BCUT2D eigenvalue weighted by Crippen LogP contribution is -2.02. The first kappa shape index (κ1) is 27.4. The molecule has 0 fully saturated rings. The number of aromatic nitrogens is 2. The molecule has 0 bridgehead atoms.